The molecule has 1 aliphatic carbocycles. The molecule has 1 aliphatic rings. The summed E-state index contributed by atoms with van der Waals surface area (Å²) in [6.45, 7) is 2.40. The maximum atomic E-state index is 6.92. The van der Waals surface area contributed by atoms with Crippen molar-refractivity contribution in [3.63, 3.8) is 0 Å². The third-order valence-corrected chi connectivity index (χ3v) is 13.8. The summed E-state index contributed by atoms with van der Waals surface area (Å²) in [6, 6.07) is 77.8. The van der Waals surface area contributed by atoms with Crippen molar-refractivity contribution in [2.45, 2.75) is 18.8 Å². The summed E-state index contributed by atoms with van der Waals surface area (Å²) in [7, 11) is 0. The summed E-state index contributed by atoms with van der Waals surface area (Å²) < 4.78 is 6.92. The van der Waals surface area contributed by atoms with Gasteiger partial charge in [-0.3, -0.25) is 0 Å². The van der Waals surface area contributed by atoms with Crippen molar-refractivity contribution in [1.82, 2.24) is 15.0 Å². The van der Waals surface area contributed by atoms with E-state index in [1.54, 1.807) is 0 Å². The quantitative estimate of drug-likeness (QED) is 0.160. The highest BCUT2D eigenvalue weighted by atomic mass is 16.3. The van der Waals surface area contributed by atoms with E-state index in [2.05, 4.69) is 213 Å². The van der Waals surface area contributed by atoms with Crippen molar-refractivity contribution >= 4 is 43.5 Å². The third kappa shape index (κ3) is 6.25. The number of hydrogen-bond acceptors (Lipinski definition) is 4. The Morgan fingerprint density at radius 3 is 1.56 bits per heavy atom. The first-order chi connectivity index (χ1) is 32.5. The van der Waals surface area contributed by atoms with Crippen LogP contribution in [0.15, 0.2) is 223 Å². The van der Waals surface area contributed by atoms with Gasteiger partial charge in [0.15, 0.2) is 17.5 Å². The summed E-state index contributed by atoms with van der Waals surface area (Å²) in [4.78, 5) is 16.1. The van der Waals surface area contributed by atoms with E-state index in [9.17, 15) is 0 Å². The van der Waals surface area contributed by atoms with Gasteiger partial charge in [-0.1, -0.05) is 195 Å². The molecule has 0 fully saturated rings. The second-order valence-corrected chi connectivity index (χ2v) is 17.8. The second kappa shape index (κ2) is 15.1. The van der Waals surface area contributed by atoms with E-state index in [0.29, 0.717) is 23.9 Å². The van der Waals surface area contributed by atoms with Gasteiger partial charge >= 0.3 is 0 Å². The molecule has 2 aromatic heterocycles. The van der Waals surface area contributed by atoms with E-state index in [1.807, 2.05) is 12.1 Å². The molecule has 0 unspecified atom stereocenters. The van der Waals surface area contributed by atoms with Gasteiger partial charge in [0.05, 0.1) is 0 Å². The van der Waals surface area contributed by atoms with E-state index in [0.717, 1.165) is 77.2 Å². The molecule has 4 heteroatoms. The van der Waals surface area contributed by atoms with Crippen LogP contribution in [0, 0.1) is 0 Å². The largest absolute Gasteiger partial charge is 0.455 e. The molecule has 0 aliphatic heterocycles. The minimum Gasteiger partial charge on any atom is -0.455 e. The molecule has 66 heavy (non-hydrogen) atoms. The molecule has 4 nitrogen and oxygen atoms in total. The van der Waals surface area contributed by atoms with Crippen LogP contribution in [0.25, 0.3) is 111 Å². The lowest BCUT2D eigenvalue weighted by Gasteiger charge is -2.29. The molecule has 0 saturated carbocycles. The van der Waals surface area contributed by atoms with Crippen LogP contribution in [0.3, 0.4) is 0 Å². The van der Waals surface area contributed by atoms with Gasteiger partial charge in [-0.2, -0.15) is 0 Å². The number of hydrogen-bond donors (Lipinski definition) is 0. The molecule has 1 atom stereocenters. The number of benzene rings is 10. The zero-order chi connectivity index (χ0) is 43.8. The first-order valence-corrected chi connectivity index (χ1v) is 22.6. The van der Waals surface area contributed by atoms with Crippen molar-refractivity contribution in [3.8, 4) is 67.5 Å². The van der Waals surface area contributed by atoms with Crippen LogP contribution in [0.5, 0.6) is 0 Å². The normalized spacial score (nSPS) is 14.3. The van der Waals surface area contributed by atoms with E-state index < -0.39 is 0 Å². The monoisotopic (exact) mass is 843 g/mol. The van der Waals surface area contributed by atoms with Crippen LogP contribution in [-0.4, -0.2) is 15.0 Å². The van der Waals surface area contributed by atoms with Crippen molar-refractivity contribution in [1.29, 1.82) is 0 Å². The summed E-state index contributed by atoms with van der Waals surface area (Å²) >= 11 is 0. The highest BCUT2D eigenvalue weighted by molar-refractivity contribution is 6.15. The lowest BCUT2D eigenvalue weighted by atomic mass is 9.74. The van der Waals surface area contributed by atoms with Gasteiger partial charge in [-0.05, 0) is 103 Å². The number of rotatable bonds is 7. The van der Waals surface area contributed by atoms with Gasteiger partial charge in [0, 0.05) is 38.3 Å². The average Bonchev–Trinajstić information content (AvgIpc) is 3.87. The Kier molecular flexibility index (Phi) is 8.69. The highest BCUT2D eigenvalue weighted by Gasteiger charge is 2.40. The minimum atomic E-state index is -0.379. The first-order valence-electron chi connectivity index (χ1n) is 22.6. The van der Waals surface area contributed by atoms with Crippen LogP contribution < -0.4 is 0 Å². The number of nitrogens with zero attached hydrogens (tertiary/aromatic N) is 3. The second-order valence-electron chi connectivity index (χ2n) is 17.8. The average molecular weight is 844 g/mol. The van der Waals surface area contributed by atoms with Crippen molar-refractivity contribution in [2.24, 2.45) is 0 Å². The first kappa shape index (κ1) is 38.0. The Morgan fingerprint density at radius 1 is 0.364 bits per heavy atom. The van der Waals surface area contributed by atoms with Gasteiger partial charge in [0.25, 0.3) is 0 Å². The van der Waals surface area contributed by atoms with Gasteiger partial charge in [-0.15, -0.1) is 0 Å². The van der Waals surface area contributed by atoms with Crippen LogP contribution in [0.4, 0.5) is 0 Å². The Labute approximate surface area is 382 Å². The fourth-order valence-electron chi connectivity index (χ4n) is 10.4. The maximum absolute atomic E-state index is 6.92. The predicted molar refractivity (Wildman–Crippen MR) is 271 cm³/mol. The highest BCUT2D eigenvalue weighted by Crippen LogP contribution is 2.52. The minimum absolute atomic E-state index is 0.379. The summed E-state index contributed by atoms with van der Waals surface area (Å²) in [6.07, 6.45) is 0.687. The number of fused-ring (bicyclic) bond motifs is 9. The van der Waals surface area contributed by atoms with E-state index in [-0.39, 0.29) is 5.41 Å². The topological polar surface area (TPSA) is 51.8 Å². The molecule has 0 spiro atoms. The van der Waals surface area contributed by atoms with E-state index in [1.165, 1.54) is 33.0 Å². The standard InChI is InChI=1S/C62H41N3O/c1-62(55-23-13-12-22-50(55)53-34-46-19-8-9-20-47(46)35-56(53)62)38-48-36-57-54(51-33-32-43-18-10-11-21-49(43)58(51)66-57)37-52(48)61-64-59(44-28-24-41(25-29-44)39-14-4-2-5-15-39)63-60(65-61)45-30-26-42(27-31-45)40-16-6-3-7-17-40/h2-37H,38H2,1H3/t62-/m1/s1. The fourth-order valence-corrected chi connectivity index (χ4v) is 10.4. The van der Waals surface area contributed by atoms with Crippen molar-refractivity contribution in [2.75, 3.05) is 0 Å². The number of furan rings is 1. The van der Waals surface area contributed by atoms with Gasteiger partial charge < -0.3 is 4.42 Å². The van der Waals surface area contributed by atoms with Crippen LogP contribution in [-0.2, 0) is 11.8 Å². The van der Waals surface area contributed by atoms with Gasteiger partial charge in [0.2, 0.25) is 0 Å². The molecular weight excluding hydrogens is 803 g/mol. The van der Waals surface area contributed by atoms with Crippen LogP contribution in [0.1, 0.15) is 23.6 Å². The zero-order valence-electron chi connectivity index (χ0n) is 36.2. The summed E-state index contributed by atoms with van der Waals surface area (Å²) in [5.41, 5.74) is 15.0. The van der Waals surface area contributed by atoms with Crippen molar-refractivity contribution in [3.05, 3.63) is 235 Å². The Morgan fingerprint density at radius 2 is 0.894 bits per heavy atom. The van der Waals surface area contributed by atoms with Crippen molar-refractivity contribution < 1.29 is 4.42 Å². The number of aromatic nitrogens is 3. The molecule has 12 aromatic rings. The Bertz CT molecular complexity index is 3740. The third-order valence-electron chi connectivity index (χ3n) is 13.8. The molecule has 2 heterocycles. The van der Waals surface area contributed by atoms with Crippen LogP contribution >= 0.6 is 0 Å². The Hall–Kier alpha value is -8.47. The van der Waals surface area contributed by atoms with E-state index >= 15 is 0 Å². The molecule has 0 radical (unpaired) electrons. The lowest BCUT2D eigenvalue weighted by Crippen LogP contribution is -2.24. The molecule has 310 valence electrons. The summed E-state index contributed by atoms with van der Waals surface area (Å²) in [5, 5.41) is 6.80. The lowest BCUT2D eigenvalue weighted by molar-refractivity contribution is 0.583. The van der Waals surface area contributed by atoms with E-state index in [4.69, 9.17) is 19.4 Å². The molecule has 0 amide bonds. The summed E-state index contributed by atoms with van der Waals surface area (Å²) in [5.74, 6) is 1.85. The molecule has 10 aromatic carbocycles. The molecule has 0 N–H and O–H groups in total. The molecular formula is C62H41N3O. The van der Waals surface area contributed by atoms with Crippen LogP contribution in [0.2, 0.25) is 0 Å². The fraction of sp³-hybridized carbons (Fsp3) is 0.0484. The molecule has 0 bridgehead atoms. The smallest absolute Gasteiger partial charge is 0.164 e. The van der Waals surface area contributed by atoms with Gasteiger partial charge in [-0.25, -0.2) is 15.0 Å². The molecule has 13 rings (SSSR count). The van der Waals surface area contributed by atoms with Gasteiger partial charge in [0.1, 0.15) is 11.2 Å². The SMILES string of the molecule is C[C@@]1(Cc2cc3oc4c5ccccc5ccc4c3cc2-c2nc(-c3ccc(-c4ccccc4)cc3)nc(-c3ccc(-c4ccccc4)cc3)n2)c2ccccc2-c2cc3ccccc3cc21. The zero-order valence-corrected chi connectivity index (χ0v) is 36.2. The Balaban J connectivity index is 1.04. The predicted octanol–water partition coefficient (Wildman–Crippen LogP) is 15.9. The molecule has 0 saturated heterocycles. The maximum Gasteiger partial charge on any atom is 0.164 e.